The molecule has 0 bridgehead atoms. The van der Waals surface area contributed by atoms with Crippen LogP contribution in [0.3, 0.4) is 0 Å². The lowest BCUT2D eigenvalue weighted by atomic mass is 10.0. The Morgan fingerprint density at radius 3 is 2.66 bits per heavy atom. The summed E-state index contributed by atoms with van der Waals surface area (Å²) in [4.78, 5) is 12.1. The quantitative estimate of drug-likeness (QED) is 0.186. The first-order valence-electron chi connectivity index (χ1n) is 9.45. The molecule has 0 unspecified atom stereocenters. The number of aromatic nitrogens is 2. The summed E-state index contributed by atoms with van der Waals surface area (Å²) in [6, 6.07) is 18.8. The number of benzene rings is 3. The highest BCUT2D eigenvalue weighted by Gasteiger charge is 2.10. The molecule has 0 aliphatic rings. The summed E-state index contributed by atoms with van der Waals surface area (Å²) >= 11 is 10.5. The monoisotopic (exact) mass is 500 g/mol. The molecule has 0 fully saturated rings. The number of carbonyl (C=O) groups excluding carboxylic acids is 1. The van der Waals surface area contributed by atoms with Gasteiger partial charge in [0.05, 0.1) is 12.0 Å². The number of hydrogen-bond acceptors (Lipinski definition) is 8. The van der Waals surface area contributed by atoms with E-state index in [1.54, 1.807) is 17.8 Å². The second kappa shape index (κ2) is 10.8. The molecular formula is C22H17ClN4O2S3. The van der Waals surface area contributed by atoms with E-state index < -0.39 is 0 Å². The molecule has 0 saturated carbocycles. The summed E-state index contributed by atoms with van der Waals surface area (Å²) in [5.41, 5.74) is 4.08. The molecule has 2 N–H and O–H groups in total. The highest BCUT2D eigenvalue weighted by Crippen LogP contribution is 2.32. The van der Waals surface area contributed by atoms with Crippen molar-refractivity contribution in [1.29, 1.82) is 0 Å². The van der Waals surface area contributed by atoms with Gasteiger partial charge in [0.15, 0.2) is 8.68 Å². The minimum Gasteiger partial charge on any atom is -0.507 e. The summed E-state index contributed by atoms with van der Waals surface area (Å²) in [6.07, 6.45) is 1.45. The number of phenolic OH excluding ortho intramolecular Hbond substituents is 1. The molecule has 0 atom stereocenters. The van der Waals surface area contributed by atoms with Crippen molar-refractivity contribution in [3.8, 4) is 5.75 Å². The molecule has 0 spiro atoms. The average Bonchev–Trinajstić information content (AvgIpc) is 3.26. The first-order valence-corrected chi connectivity index (χ1v) is 12.6. The molecule has 0 aliphatic heterocycles. The van der Waals surface area contributed by atoms with Gasteiger partial charge in [0.1, 0.15) is 5.75 Å². The molecule has 3 aromatic carbocycles. The Balaban J connectivity index is 1.28. The smallest absolute Gasteiger partial charge is 0.250 e. The fourth-order valence-electron chi connectivity index (χ4n) is 2.82. The van der Waals surface area contributed by atoms with Gasteiger partial charge in [-0.3, -0.25) is 4.79 Å². The molecule has 6 nitrogen and oxygen atoms in total. The maximum absolute atomic E-state index is 12.1. The second-order valence-corrected chi connectivity index (χ2v) is 10.3. The maximum Gasteiger partial charge on any atom is 0.250 e. The van der Waals surface area contributed by atoms with Gasteiger partial charge >= 0.3 is 0 Å². The van der Waals surface area contributed by atoms with Gasteiger partial charge in [-0.05, 0) is 28.5 Å². The third kappa shape index (κ3) is 5.80. The van der Waals surface area contributed by atoms with Gasteiger partial charge in [0.25, 0.3) is 5.91 Å². The highest BCUT2D eigenvalue weighted by atomic mass is 35.5. The average molecular weight is 501 g/mol. The Morgan fingerprint density at radius 1 is 1.06 bits per heavy atom. The van der Waals surface area contributed by atoms with Gasteiger partial charge in [0.2, 0.25) is 0 Å². The number of phenols is 1. The van der Waals surface area contributed by atoms with Crippen LogP contribution >= 0.6 is 46.5 Å². The van der Waals surface area contributed by atoms with E-state index in [9.17, 15) is 9.90 Å². The fourth-order valence-corrected chi connectivity index (χ4v) is 5.92. The molecule has 4 aromatic rings. The Labute approximate surface area is 202 Å². The summed E-state index contributed by atoms with van der Waals surface area (Å²) < 4.78 is 1.52. The molecule has 162 valence electrons. The van der Waals surface area contributed by atoms with Crippen LogP contribution in [0.1, 0.15) is 11.1 Å². The van der Waals surface area contributed by atoms with E-state index in [0.29, 0.717) is 15.7 Å². The SMILES string of the molecule is O=C(CSc1nnc(SCc2ccccc2Cl)s1)N/N=C\c1c(O)ccc2ccccc12. The van der Waals surface area contributed by atoms with Crippen LogP contribution in [-0.4, -0.2) is 33.2 Å². The minimum atomic E-state index is -0.272. The maximum atomic E-state index is 12.1. The lowest BCUT2D eigenvalue weighted by Gasteiger charge is -2.04. The van der Waals surface area contributed by atoms with E-state index in [0.717, 1.165) is 25.7 Å². The molecule has 0 aliphatic carbocycles. The topological polar surface area (TPSA) is 87.5 Å². The van der Waals surface area contributed by atoms with Crippen molar-refractivity contribution in [2.45, 2.75) is 14.4 Å². The van der Waals surface area contributed by atoms with E-state index in [-0.39, 0.29) is 17.4 Å². The van der Waals surface area contributed by atoms with E-state index in [4.69, 9.17) is 11.6 Å². The van der Waals surface area contributed by atoms with E-state index in [1.165, 1.54) is 29.3 Å². The van der Waals surface area contributed by atoms with Crippen LogP contribution in [0.5, 0.6) is 5.75 Å². The summed E-state index contributed by atoms with van der Waals surface area (Å²) in [6.45, 7) is 0. The third-order valence-corrected chi connectivity index (χ3v) is 7.96. The number of rotatable bonds is 8. The van der Waals surface area contributed by atoms with Crippen molar-refractivity contribution in [3.63, 3.8) is 0 Å². The molecule has 32 heavy (non-hydrogen) atoms. The Kier molecular flexibility index (Phi) is 7.64. The van der Waals surface area contributed by atoms with Crippen molar-refractivity contribution in [1.82, 2.24) is 15.6 Å². The van der Waals surface area contributed by atoms with Gasteiger partial charge in [-0.2, -0.15) is 5.10 Å². The summed E-state index contributed by atoms with van der Waals surface area (Å²) in [5, 5.41) is 25.0. The number of thioether (sulfide) groups is 2. The number of amides is 1. The van der Waals surface area contributed by atoms with Gasteiger partial charge in [-0.1, -0.05) is 95.0 Å². The van der Waals surface area contributed by atoms with Gasteiger partial charge in [-0.15, -0.1) is 10.2 Å². The number of nitrogens with one attached hydrogen (secondary N) is 1. The molecule has 1 amide bonds. The Bertz CT molecular complexity index is 1280. The number of hydrogen-bond donors (Lipinski definition) is 2. The van der Waals surface area contributed by atoms with Crippen molar-refractivity contribution in [2.75, 3.05) is 5.75 Å². The zero-order valence-electron chi connectivity index (χ0n) is 16.6. The van der Waals surface area contributed by atoms with Gasteiger partial charge in [0, 0.05) is 16.3 Å². The largest absolute Gasteiger partial charge is 0.507 e. The lowest BCUT2D eigenvalue weighted by molar-refractivity contribution is -0.118. The second-order valence-electron chi connectivity index (χ2n) is 6.52. The molecule has 4 rings (SSSR count). The zero-order chi connectivity index (χ0) is 22.3. The number of fused-ring (bicyclic) bond motifs is 1. The van der Waals surface area contributed by atoms with Crippen molar-refractivity contribution in [2.24, 2.45) is 5.10 Å². The van der Waals surface area contributed by atoms with E-state index in [1.807, 2.05) is 54.6 Å². The Hall–Kier alpha value is -2.59. The van der Waals surface area contributed by atoms with Gasteiger partial charge < -0.3 is 5.11 Å². The predicted octanol–water partition coefficient (Wildman–Crippen LogP) is 5.59. The summed E-state index contributed by atoms with van der Waals surface area (Å²) in [5.74, 6) is 0.691. The molecule has 1 heterocycles. The van der Waals surface area contributed by atoms with Crippen LogP contribution in [0.4, 0.5) is 0 Å². The first kappa shape index (κ1) is 22.6. The number of carbonyl (C=O) groups is 1. The van der Waals surface area contributed by atoms with Crippen LogP contribution in [0.2, 0.25) is 5.02 Å². The number of aromatic hydroxyl groups is 1. The number of hydrazone groups is 1. The molecule has 0 radical (unpaired) electrons. The lowest BCUT2D eigenvalue weighted by Crippen LogP contribution is -2.19. The van der Waals surface area contributed by atoms with Crippen molar-refractivity contribution < 1.29 is 9.90 Å². The fraction of sp³-hybridized carbons (Fsp3) is 0.0909. The van der Waals surface area contributed by atoms with Crippen LogP contribution in [-0.2, 0) is 10.5 Å². The van der Waals surface area contributed by atoms with Crippen molar-refractivity contribution >= 4 is 69.4 Å². The van der Waals surface area contributed by atoms with Crippen molar-refractivity contribution in [3.05, 3.63) is 76.8 Å². The normalized spacial score (nSPS) is 11.3. The zero-order valence-corrected chi connectivity index (χ0v) is 19.8. The third-order valence-electron chi connectivity index (χ3n) is 4.35. The molecule has 0 saturated heterocycles. The van der Waals surface area contributed by atoms with E-state index >= 15 is 0 Å². The standard InChI is InChI=1S/C22H17ClN4O2S3/c23-18-8-4-2-6-15(18)12-30-21-26-27-22(32-21)31-13-20(29)25-24-11-17-16-7-3-1-5-14(16)9-10-19(17)28/h1-11,28H,12-13H2,(H,25,29)/b24-11-. The minimum absolute atomic E-state index is 0.103. The molecular weight excluding hydrogens is 484 g/mol. The van der Waals surface area contributed by atoms with Crippen LogP contribution < -0.4 is 5.43 Å². The van der Waals surface area contributed by atoms with Crippen LogP contribution in [0.15, 0.2) is 74.4 Å². The van der Waals surface area contributed by atoms with Gasteiger partial charge in [-0.25, -0.2) is 5.43 Å². The van der Waals surface area contributed by atoms with Crippen LogP contribution in [0, 0.1) is 0 Å². The molecule has 1 aromatic heterocycles. The predicted molar refractivity (Wildman–Crippen MR) is 133 cm³/mol. The Morgan fingerprint density at radius 2 is 1.81 bits per heavy atom. The van der Waals surface area contributed by atoms with E-state index in [2.05, 4.69) is 20.7 Å². The number of halogens is 1. The van der Waals surface area contributed by atoms with Crippen LogP contribution in [0.25, 0.3) is 10.8 Å². The number of nitrogens with zero attached hydrogens (tertiary/aromatic N) is 3. The highest BCUT2D eigenvalue weighted by molar-refractivity contribution is 8.03. The summed E-state index contributed by atoms with van der Waals surface area (Å²) in [7, 11) is 0. The first-order chi connectivity index (χ1) is 15.6. The molecule has 10 heteroatoms.